The molecule has 126 valence electrons. The Morgan fingerprint density at radius 3 is 2.80 bits per heavy atom. The lowest BCUT2D eigenvalue weighted by Crippen LogP contribution is -2.31. The first kappa shape index (κ1) is 15.5. The first-order valence-electron chi connectivity index (χ1n) is 8.26. The number of hydrogen-bond acceptors (Lipinski definition) is 3. The standard InChI is InChI=1S/C19H17FN4O/c20-15-9-4-8-14(12-15)19(25)24-11-5-10-16(24)18-21-17(22-23-18)13-6-2-1-3-7-13/h1-4,6-9,12,16H,5,10-11H2,(H,21,22,23)/t16-/m0/s1. The maximum absolute atomic E-state index is 13.4. The number of aromatic amines is 1. The fourth-order valence-corrected chi connectivity index (χ4v) is 3.22. The van der Waals surface area contributed by atoms with Crippen molar-refractivity contribution in [2.75, 3.05) is 6.54 Å². The van der Waals surface area contributed by atoms with E-state index in [4.69, 9.17) is 0 Å². The van der Waals surface area contributed by atoms with Crippen molar-refractivity contribution in [2.45, 2.75) is 18.9 Å². The van der Waals surface area contributed by atoms with Crippen LogP contribution in [-0.2, 0) is 0 Å². The molecule has 1 amide bonds. The lowest BCUT2D eigenvalue weighted by Gasteiger charge is -2.23. The summed E-state index contributed by atoms with van der Waals surface area (Å²) in [4.78, 5) is 19.1. The fourth-order valence-electron chi connectivity index (χ4n) is 3.22. The molecule has 3 aromatic rings. The maximum Gasteiger partial charge on any atom is 0.254 e. The molecule has 1 saturated heterocycles. The van der Waals surface area contributed by atoms with Crippen LogP contribution in [0.3, 0.4) is 0 Å². The van der Waals surface area contributed by atoms with Gasteiger partial charge in [0.1, 0.15) is 11.6 Å². The van der Waals surface area contributed by atoms with Gasteiger partial charge in [0.25, 0.3) is 5.91 Å². The van der Waals surface area contributed by atoms with Crippen molar-refractivity contribution in [1.29, 1.82) is 0 Å². The van der Waals surface area contributed by atoms with Gasteiger partial charge in [0, 0.05) is 17.7 Å². The highest BCUT2D eigenvalue weighted by Gasteiger charge is 2.33. The first-order chi connectivity index (χ1) is 12.2. The average Bonchev–Trinajstić information content (AvgIpc) is 3.31. The molecule has 0 bridgehead atoms. The Morgan fingerprint density at radius 1 is 1.16 bits per heavy atom. The number of likely N-dealkylation sites (tertiary alicyclic amines) is 1. The van der Waals surface area contributed by atoms with E-state index in [0.29, 0.717) is 23.8 Å². The van der Waals surface area contributed by atoms with Gasteiger partial charge in [-0.25, -0.2) is 9.37 Å². The quantitative estimate of drug-likeness (QED) is 0.795. The normalized spacial score (nSPS) is 17.0. The monoisotopic (exact) mass is 336 g/mol. The van der Waals surface area contributed by atoms with Crippen LogP contribution in [0.25, 0.3) is 11.4 Å². The molecule has 1 atom stereocenters. The summed E-state index contributed by atoms with van der Waals surface area (Å²) < 4.78 is 13.4. The molecule has 2 aromatic carbocycles. The van der Waals surface area contributed by atoms with Crippen molar-refractivity contribution >= 4 is 5.91 Å². The molecule has 4 rings (SSSR count). The molecule has 0 saturated carbocycles. The van der Waals surface area contributed by atoms with Crippen LogP contribution in [0.4, 0.5) is 4.39 Å². The van der Waals surface area contributed by atoms with E-state index < -0.39 is 5.82 Å². The molecule has 1 aromatic heterocycles. The van der Waals surface area contributed by atoms with Crippen molar-refractivity contribution < 1.29 is 9.18 Å². The SMILES string of the molecule is O=C(c1cccc(F)c1)N1CCC[C@H]1c1nc(-c2ccccc2)n[nH]1. The number of nitrogens with one attached hydrogen (secondary N) is 1. The molecular weight excluding hydrogens is 319 g/mol. The average molecular weight is 336 g/mol. The van der Waals surface area contributed by atoms with E-state index in [0.717, 1.165) is 18.4 Å². The molecule has 0 radical (unpaired) electrons. The van der Waals surface area contributed by atoms with E-state index >= 15 is 0 Å². The van der Waals surface area contributed by atoms with Gasteiger partial charge in [-0.2, -0.15) is 5.10 Å². The molecule has 1 fully saturated rings. The summed E-state index contributed by atoms with van der Waals surface area (Å²) in [6.45, 7) is 0.626. The molecule has 1 aliphatic rings. The number of carbonyl (C=O) groups is 1. The number of benzene rings is 2. The van der Waals surface area contributed by atoms with Crippen LogP contribution < -0.4 is 0 Å². The Balaban J connectivity index is 1.60. The number of halogens is 1. The zero-order chi connectivity index (χ0) is 17.2. The lowest BCUT2D eigenvalue weighted by molar-refractivity contribution is 0.0729. The molecule has 1 N–H and O–H groups in total. The van der Waals surface area contributed by atoms with E-state index in [1.807, 2.05) is 30.3 Å². The molecule has 6 heteroatoms. The van der Waals surface area contributed by atoms with Gasteiger partial charge < -0.3 is 4.90 Å². The highest BCUT2D eigenvalue weighted by molar-refractivity contribution is 5.94. The lowest BCUT2D eigenvalue weighted by atomic mass is 10.1. The van der Waals surface area contributed by atoms with Crippen molar-refractivity contribution in [3.8, 4) is 11.4 Å². The van der Waals surface area contributed by atoms with Gasteiger partial charge in [0.15, 0.2) is 5.82 Å². The second-order valence-electron chi connectivity index (χ2n) is 6.08. The zero-order valence-electron chi connectivity index (χ0n) is 13.5. The fraction of sp³-hybridized carbons (Fsp3) is 0.211. The highest BCUT2D eigenvalue weighted by atomic mass is 19.1. The molecule has 0 spiro atoms. The maximum atomic E-state index is 13.4. The summed E-state index contributed by atoms with van der Waals surface area (Å²) in [5, 5.41) is 7.24. The van der Waals surface area contributed by atoms with E-state index in [-0.39, 0.29) is 11.9 Å². The number of rotatable bonds is 3. The van der Waals surface area contributed by atoms with Gasteiger partial charge in [0.05, 0.1) is 6.04 Å². The molecular formula is C19H17FN4O. The molecule has 2 heterocycles. The number of H-pyrrole nitrogens is 1. The Labute approximate surface area is 144 Å². The Hall–Kier alpha value is -3.02. The number of amides is 1. The number of nitrogens with zero attached hydrogens (tertiary/aromatic N) is 3. The van der Waals surface area contributed by atoms with E-state index in [9.17, 15) is 9.18 Å². The van der Waals surface area contributed by atoms with Crippen molar-refractivity contribution in [3.05, 3.63) is 71.8 Å². The van der Waals surface area contributed by atoms with Crippen molar-refractivity contribution in [2.24, 2.45) is 0 Å². The number of hydrogen-bond donors (Lipinski definition) is 1. The van der Waals surface area contributed by atoms with Gasteiger partial charge in [-0.3, -0.25) is 9.89 Å². The van der Waals surface area contributed by atoms with Gasteiger partial charge >= 0.3 is 0 Å². The molecule has 0 unspecified atom stereocenters. The minimum absolute atomic E-state index is 0.166. The summed E-state index contributed by atoms with van der Waals surface area (Å²) in [6, 6.07) is 15.3. The van der Waals surface area contributed by atoms with Crippen LogP contribution >= 0.6 is 0 Å². The Bertz CT molecular complexity index is 893. The van der Waals surface area contributed by atoms with Crippen LogP contribution in [0.1, 0.15) is 35.1 Å². The van der Waals surface area contributed by atoms with Crippen LogP contribution in [0.5, 0.6) is 0 Å². The Kier molecular flexibility index (Phi) is 4.01. The van der Waals surface area contributed by atoms with Crippen LogP contribution in [0.2, 0.25) is 0 Å². The van der Waals surface area contributed by atoms with Gasteiger partial charge in [-0.05, 0) is 31.0 Å². The van der Waals surface area contributed by atoms with E-state index in [1.54, 1.807) is 17.0 Å². The van der Waals surface area contributed by atoms with Crippen LogP contribution in [-0.4, -0.2) is 32.5 Å². The van der Waals surface area contributed by atoms with Crippen LogP contribution in [0, 0.1) is 5.82 Å². The van der Waals surface area contributed by atoms with Crippen molar-refractivity contribution in [1.82, 2.24) is 20.1 Å². The van der Waals surface area contributed by atoms with Crippen LogP contribution in [0.15, 0.2) is 54.6 Å². The molecule has 0 aliphatic carbocycles. The van der Waals surface area contributed by atoms with Gasteiger partial charge in [-0.15, -0.1) is 0 Å². The zero-order valence-corrected chi connectivity index (χ0v) is 13.5. The van der Waals surface area contributed by atoms with Gasteiger partial charge in [0.2, 0.25) is 0 Å². The van der Waals surface area contributed by atoms with E-state index in [1.165, 1.54) is 12.1 Å². The second kappa shape index (κ2) is 6.47. The summed E-state index contributed by atoms with van der Waals surface area (Å²) in [5.74, 6) is 0.689. The number of carbonyl (C=O) groups excluding carboxylic acids is 1. The minimum Gasteiger partial charge on any atom is -0.328 e. The van der Waals surface area contributed by atoms with Crippen molar-refractivity contribution in [3.63, 3.8) is 0 Å². The summed E-state index contributed by atoms with van der Waals surface area (Å²) in [5.41, 5.74) is 1.28. The smallest absolute Gasteiger partial charge is 0.254 e. The molecule has 1 aliphatic heterocycles. The minimum atomic E-state index is -0.410. The molecule has 5 nitrogen and oxygen atoms in total. The summed E-state index contributed by atoms with van der Waals surface area (Å²) >= 11 is 0. The largest absolute Gasteiger partial charge is 0.328 e. The second-order valence-corrected chi connectivity index (χ2v) is 6.08. The van der Waals surface area contributed by atoms with Gasteiger partial charge in [-0.1, -0.05) is 36.4 Å². The number of aromatic nitrogens is 3. The predicted octanol–water partition coefficient (Wildman–Crippen LogP) is 3.59. The third-order valence-electron chi connectivity index (χ3n) is 4.44. The molecule has 25 heavy (non-hydrogen) atoms. The third kappa shape index (κ3) is 3.03. The highest BCUT2D eigenvalue weighted by Crippen LogP contribution is 2.32. The topological polar surface area (TPSA) is 61.9 Å². The first-order valence-corrected chi connectivity index (χ1v) is 8.26. The summed E-state index contributed by atoms with van der Waals surface area (Å²) in [6.07, 6.45) is 1.69. The predicted molar refractivity (Wildman–Crippen MR) is 91.2 cm³/mol. The Morgan fingerprint density at radius 2 is 2.00 bits per heavy atom. The third-order valence-corrected chi connectivity index (χ3v) is 4.44. The van der Waals surface area contributed by atoms with E-state index in [2.05, 4.69) is 15.2 Å². The summed E-state index contributed by atoms with van der Waals surface area (Å²) in [7, 11) is 0.